The first kappa shape index (κ1) is 9.37. The van der Waals surface area contributed by atoms with E-state index in [1.807, 2.05) is 0 Å². The van der Waals surface area contributed by atoms with E-state index in [4.69, 9.17) is 4.84 Å². The van der Waals surface area contributed by atoms with Gasteiger partial charge in [-0.1, -0.05) is 0 Å². The van der Waals surface area contributed by atoms with Crippen molar-refractivity contribution in [3.05, 3.63) is 0 Å². The van der Waals surface area contributed by atoms with Crippen LogP contribution in [0.25, 0.3) is 0 Å². The molecule has 0 saturated carbocycles. The van der Waals surface area contributed by atoms with Crippen LogP contribution in [0.2, 0.25) is 0 Å². The summed E-state index contributed by atoms with van der Waals surface area (Å²) in [5, 5.41) is 0. The minimum atomic E-state index is -0.652. The summed E-state index contributed by atoms with van der Waals surface area (Å²) in [6.07, 6.45) is 2.25. The van der Waals surface area contributed by atoms with Gasteiger partial charge < -0.3 is 4.84 Å². The fourth-order valence-corrected chi connectivity index (χ4v) is 2.66. The first-order chi connectivity index (χ1) is 6.27. The lowest BCUT2D eigenvalue weighted by Gasteiger charge is -2.30. The highest BCUT2D eigenvalue weighted by Gasteiger charge is 2.48. The molecular weight excluding hydrogens is 171 g/mol. The lowest BCUT2D eigenvalue weighted by Crippen LogP contribution is -2.43. The van der Waals surface area contributed by atoms with Crippen LogP contribution in [0, 0.1) is 0 Å². The second-order valence-corrected chi connectivity index (χ2v) is 4.07. The molecule has 13 heavy (non-hydrogen) atoms. The predicted octanol–water partition coefficient (Wildman–Crippen LogP) is 0.714. The van der Waals surface area contributed by atoms with Gasteiger partial charge in [0.15, 0.2) is 0 Å². The summed E-state index contributed by atoms with van der Waals surface area (Å²) in [6, 6.07) is 0. The Morgan fingerprint density at radius 3 is 3.31 bits per heavy atom. The van der Waals surface area contributed by atoms with E-state index in [-0.39, 0.29) is 5.54 Å². The molecule has 76 valence electrons. The third-order valence-electron chi connectivity index (χ3n) is 3.25. The van der Waals surface area contributed by atoms with E-state index in [9.17, 15) is 4.39 Å². The molecule has 2 aliphatic rings. The average molecular weight is 188 g/mol. The van der Waals surface area contributed by atoms with E-state index in [2.05, 4.69) is 10.4 Å². The van der Waals surface area contributed by atoms with Gasteiger partial charge in [-0.05, 0) is 19.4 Å². The molecule has 2 unspecified atom stereocenters. The minimum absolute atomic E-state index is 0.00241. The molecule has 0 radical (unpaired) electrons. The average Bonchev–Trinajstić information content (AvgIpc) is 2.57. The monoisotopic (exact) mass is 188 g/mol. The van der Waals surface area contributed by atoms with Crippen molar-refractivity contribution in [2.24, 2.45) is 0 Å². The van der Waals surface area contributed by atoms with Crippen LogP contribution in [0.5, 0.6) is 0 Å². The summed E-state index contributed by atoms with van der Waals surface area (Å²) < 4.78 is 13.2. The fraction of sp³-hybridized carbons (Fsp3) is 1.00. The van der Waals surface area contributed by atoms with Gasteiger partial charge in [0.1, 0.15) is 6.17 Å². The van der Waals surface area contributed by atoms with Crippen molar-refractivity contribution >= 4 is 0 Å². The molecule has 2 atom stereocenters. The number of hydrogen-bond donors (Lipinski definition) is 1. The van der Waals surface area contributed by atoms with Crippen LogP contribution in [-0.4, -0.2) is 43.4 Å². The van der Waals surface area contributed by atoms with Crippen molar-refractivity contribution in [1.82, 2.24) is 10.4 Å². The summed E-state index contributed by atoms with van der Waals surface area (Å²) in [4.78, 5) is 7.46. The maximum atomic E-state index is 13.2. The number of halogens is 1. The van der Waals surface area contributed by atoms with Crippen molar-refractivity contribution in [2.75, 3.05) is 26.7 Å². The SMILES string of the molecule is CNOCC12CCCN1CC(F)C2. The normalized spacial score (nSPS) is 39.7. The van der Waals surface area contributed by atoms with E-state index in [0.717, 1.165) is 13.0 Å². The van der Waals surface area contributed by atoms with Crippen molar-refractivity contribution in [3.8, 4) is 0 Å². The first-order valence-corrected chi connectivity index (χ1v) is 4.94. The van der Waals surface area contributed by atoms with Crippen LogP contribution in [0.4, 0.5) is 4.39 Å². The number of rotatable bonds is 3. The van der Waals surface area contributed by atoms with E-state index < -0.39 is 6.17 Å². The topological polar surface area (TPSA) is 24.5 Å². The van der Waals surface area contributed by atoms with Gasteiger partial charge >= 0.3 is 0 Å². The largest absolute Gasteiger partial charge is 0.300 e. The van der Waals surface area contributed by atoms with Crippen molar-refractivity contribution in [2.45, 2.75) is 31.0 Å². The molecule has 2 rings (SSSR count). The van der Waals surface area contributed by atoms with E-state index in [0.29, 0.717) is 19.6 Å². The molecule has 0 aromatic rings. The van der Waals surface area contributed by atoms with Gasteiger partial charge in [-0.15, -0.1) is 0 Å². The van der Waals surface area contributed by atoms with E-state index in [1.54, 1.807) is 7.05 Å². The molecule has 2 heterocycles. The number of alkyl halides is 1. The second-order valence-electron chi connectivity index (χ2n) is 4.07. The molecule has 3 nitrogen and oxygen atoms in total. The Morgan fingerprint density at radius 2 is 2.54 bits per heavy atom. The summed E-state index contributed by atoms with van der Waals surface area (Å²) in [7, 11) is 1.75. The zero-order chi connectivity index (χ0) is 9.31. The lowest BCUT2D eigenvalue weighted by atomic mass is 9.95. The van der Waals surface area contributed by atoms with Gasteiger partial charge in [-0.3, -0.25) is 4.90 Å². The molecular formula is C9H17FN2O. The zero-order valence-corrected chi connectivity index (χ0v) is 8.05. The van der Waals surface area contributed by atoms with E-state index in [1.165, 1.54) is 6.42 Å². The number of nitrogens with zero attached hydrogens (tertiary/aromatic N) is 1. The smallest absolute Gasteiger partial charge is 0.115 e. The zero-order valence-electron chi connectivity index (χ0n) is 8.05. The molecule has 4 heteroatoms. The van der Waals surface area contributed by atoms with Crippen LogP contribution in [0.15, 0.2) is 0 Å². The van der Waals surface area contributed by atoms with Crippen LogP contribution >= 0.6 is 0 Å². The molecule has 2 fully saturated rings. The Kier molecular flexibility index (Phi) is 2.53. The van der Waals surface area contributed by atoms with Crippen LogP contribution in [0.1, 0.15) is 19.3 Å². The number of hydroxylamine groups is 1. The Hall–Kier alpha value is -0.190. The number of nitrogens with one attached hydrogen (secondary N) is 1. The van der Waals surface area contributed by atoms with Gasteiger partial charge in [-0.2, -0.15) is 0 Å². The first-order valence-electron chi connectivity index (χ1n) is 4.94. The minimum Gasteiger partial charge on any atom is -0.300 e. The Bertz CT molecular complexity index is 190. The highest BCUT2D eigenvalue weighted by molar-refractivity contribution is 5.03. The number of hydrogen-bond acceptors (Lipinski definition) is 3. The molecule has 0 aromatic carbocycles. The van der Waals surface area contributed by atoms with Gasteiger partial charge in [0, 0.05) is 25.6 Å². The van der Waals surface area contributed by atoms with Crippen molar-refractivity contribution in [3.63, 3.8) is 0 Å². The van der Waals surface area contributed by atoms with Gasteiger partial charge in [-0.25, -0.2) is 9.87 Å². The standard InChI is InChI=1S/C9H17FN2O/c1-11-13-7-9-3-2-4-12(9)6-8(10)5-9/h8,11H,2-7H2,1H3. The summed E-state index contributed by atoms with van der Waals surface area (Å²) in [5.41, 5.74) is 2.67. The summed E-state index contributed by atoms with van der Waals surface area (Å²) in [5.74, 6) is 0. The second kappa shape index (κ2) is 3.52. The fourth-order valence-electron chi connectivity index (χ4n) is 2.66. The lowest BCUT2D eigenvalue weighted by molar-refractivity contribution is -0.0125. The molecule has 0 aliphatic carbocycles. The van der Waals surface area contributed by atoms with Crippen LogP contribution in [0.3, 0.4) is 0 Å². The Morgan fingerprint density at radius 1 is 1.69 bits per heavy atom. The van der Waals surface area contributed by atoms with Crippen molar-refractivity contribution in [1.29, 1.82) is 0 Å². The molecule has 0 aromatic heterocycles. The number of fused-ring (bicyclic) bond motifs is 1. The highest BCUT2D eigenvalue weighted by atomic mass is 19.1. The Balaban J connectivity index is 2.00. The maximum Gasteiger partial charge on any atom is 0.115 e. The van der Waals surface area contributed by atoms with Gasteiger partial charge in [0.25, 0.3) is 0 Å². The third kappa shape index (κ3) is 1.58. The van der Waals surface area contributed by atoms with Crippen LogP contribution < -0.4 is 5.48 Å². The molecule has 1 N–H and O–H groups in total. The maximum absolute atomic E-state index is 13.2. The molecule has 0 bridgehead atoms. The summed E-state index contributed by atoms with van der Waals surface area (Å²) >= 11 is 0. The molecule has 2 saturated heterocycles. The quantitative estimate of drug-likeness (QED) is 0.660. The molecule has 0 amide bonds. The van der Waals surface area contributed by atoms with Crippen LogP contribution in [-0.2, 0) is 4.84 Å². The molecule has 0 spiro atoms. The molecule has 2 aliphatic heterocycles. The Labute approximate surface area is 78.2 Å². The third-order valence-corrected chi connectivity index (χ3v) is 3.25. The highest BCUT2D eigenvalue weighted by Crippen LogP contribution is 2.39. The van der Waals surface area contributed by atoms with Gasteiger partial charge in [0.05, 0.1) is 6.61 Å². The van der Waals surface area contributed by atoms with Gasteiger partial charge in [0.2, 0.25) is 0 Å². The summed E-state index contributed by atoms with van der Waals surface area (Å²) in [6.45, 7) is 2.25. The van der Waals surface area contributed by atoms with Crippen molar-refractivity contribution < 1.29 is 9.23 Å². The predicted molar refractivity (Wildman–Crippen MR) is 48.1 cm³/mol. The van der Waals surface area contributed by atoms with E-state index >= 15 is 0 Å².